The number of amides is 1. The van der Waals surface area contributed by atoms with Gasteiger partial charge in [0.1, 0.15) is 5.82 Å². The predicted octanol–water partition coefficient (Wildman–Crippen LogP) is 2.19. The number of nitrogens with zero attached hydrogens (tertiary/aromatic N) is 1. The Balaban J connectivity index is 2.89. The van der Waals surface area contributed by atoms with Crippen molar-refractivity contribution >= 4 is 17.3 Å². The first-order valence-corrected chi connectivity index (χ1v) is 6.02. The van der Waals surface area contributed by atoms with Crippen molar-refractivity contribution in [2.24, 2.45) is 11.7 Å². The second kappa shape index (κ2) is 6.90. The van der Waals surface area contributed by atoms with Crippen molar-refractivity contribution in [3.05, 3.63) is 33.9 Å². The van der Waals surface area contributed by atoms with Gasteiger partial charge in [-0.1, -0.05) is 13.3 Å². The molecule has 110 valence electrons. The number of benzene rings is 1. The number of halogens is 2. The molecule has 0 spiro atoms. The van der Waals surface area contributed by atoms with Gasteiger partial charge in [0.2, 0.25) is 11.7 Å². The van der Waals surface area contributed by atoms with Crippen molar-refractivity contribution in [3.8, 4) is 0 Å². The SMILES string of the molecule is CCC(CN)CC(=O)Nc1cc([N+](=O)[O-])c(F)cc1F. The van der Waals surface area contributed by atoms with Crippen molar-refractivity contribution in [2.45, 2.75) is 19.8 Å². The highest BCUT2D eigenvalue weighted by molar-refractivity contribution is 5.91. The lowest BCUT2D eigenvalue weighted by atomic mass is 10.0. The van der Waals surface area contributed by atoms with E-state index in [1.165, 1.54) is 0 Å². The van der Waals surface area contributed by atoms with Crippen LogP contribution in [0.4, 0.5) is 20.2 Å². The van der Waals surface area contributed by atoms with Gasteiger partial charge in [-0.15, -0.1) is 0 Å². The fourth-order valence-electron chi connectivity index (χ4n) is 1.63. The van der Waals surface area contributed by atoms with Crippen LogP contribution in [0.5, 0.6) is 0 Å². The number of hydrogen-bond donors (Lipinski definition) is 2. The third-order valence-corrected chi connectivity index (χ3v) is 2.89. The number of carbonyl (C=O) groups excluding carboxylic acids is 1. The van der Waals surface area contributed by atoms with Crippen LogP contribution in [0.1, 0.15) is 19.8 Å². The zero-order chi connectivity index (χ0) is 15.3. The third kappa shape index (κ3) is 3.95. The molecule has 0 aliphatic carbocycles. The van der Waals surface area contributed by atoms with Gasteiger partial charge in [0, 0.05) is 18.6 Å². The molecule has 3 N–H and O–H groups in total. The molecule has 1 unspecified atom stereocenters. The summed E-state index contributed by atoms with van der Waals surface area (Å²) in [7, 11) is 0. The number of nitro benzene ring substituents is 1. The van der Waals surface area contributed by atoms with Crippen LogP contribution in [0, 0.1) is 27.7 Å². The number of hydrogen-bond acceptors (Lipinski definition) is 4. The highest BCUT2D eigenvalue weighted by atomic mass is 19.1. The lowest BCUT2D eigenvalue weighted by Crippen LogP contribution is -2.22. The summed E-state index contributed by atoms with van der Waals surface area (Å²) in [4.78, 5) is 21.2. The van der Waals surface area contributed by atoms with Crippen molar-refractivity contribution in [2.75, 3.05) is 11.9 Å². The Morgan fingerprint density at radius 2 is 2.10 bits per heavy atom. The van der Waals surface area contributed by atoms with Gasteiger partial charge in [0.05, 0.1) is 10.6 Å². The van der Waals surface area contributed by atoms with Gasteiger partial charge in [-0.3, -0.25) is 14.9 Å². The van der Waals surface area contributed by atoms with Crippen LogP contribution < -0.4 is 11.1 Å². The molecule has 6 nitrogen and oxygen atoms in total. The molecule has 0 bridgehead atoms. The topological polar surface area (TPSA) is 98.3 Å². The minimum atomic E-state index is -1.29. The maximum atomic E-state index is 13.5. The number of rotatable bonds is 6. The molecule has 1 rings (SSSR count). The molecule has 0 aliphatic rings. The zero-order valence-corrected chi connectivity index (χ0v) is 10.9. The van der Waals surface area contributed by atoms with Crippen LogP contribution >= 0.6 is 0 Å². The highest BCUT2D eigenvalue weighted by Crippen LogP contribution is 2.25. The van der Waals surface area contributed by atoms with E-state index in [1.54, 1.807) is 0 Å². The average Bonchev–Trinajstić information content (AvgIpc) is 2.38. The fraction of sp³-hybridized carbons (Fsp3) is 0.417. The lowest BCUT2D eigenvalue weighted by Gasteiger charge is -2.12. The van der Waals surface area contributed by atoms with Crippen LogP contribution in [0.15, 0.2) is 12.1 Å². The summed E-state index contributed by atoms with van der Waals surface area (Å²) >= 11 is 0. The predicted molar refractivity (Wildman–Crippen MR) is 69.1 cm³/mol. The van der Waals surface area contributed by atoms with Crippen molar-refractivity contribution < 1.29 is 18.5 Å². The second-order valence-electron chi connectivity index (χ2n) is 4.30. The largest absolute Gasteiger partial charge is 0.330 e. The normalized spacial score (nSPS) is 12.0. The number of nitrogens with one attached hydrogen (secondary N) is 1. The van der Waals surface area contributed by atoms with Crippen molar-refractivity contribution in [1.29, 1.82) is 0 Å². The first kappa shape index (κ1) is 16.0. The van der Waals surface area contributed by atoms with Crippen molar-refractivity contribution in [3.63, 3.8) is 0 Å². The van der Waals surface area contributed by atoms with E-state index in [1.807, 2.05) is 6.92 Å². The van der Waals surface area contributed by atoms with E-state index in [4.69, 9.17) is 5.73 Å². The molecule has 0 saturated carbocycles. The van der Waals surface area contributed by atoms with Crippen LogP contribution in [0.3, 0.4) is 0 Å². The van der Waals surface area contributed by atoms with E-state index in [0.717, 1.165) is 0 Å². The Kier molecular flexibility index (Phi) is 5.51. The van der Waals surface area contributed by atoms with Gasteiger partial charge < -0.3 is 11.1 Å². The summed E-state index contributed by atoms with van der Waals surface area (Å²) in [6, 6.07) is 1.03. The van der Waals surface area contributed by atoms with E-state index in [2.05, 4.69) is 5.32 Å². The van der Waals surface area contributed by atoms with Gasteiger partial charge in [0.15, 0.2) is 0 Å². The summed E-state index contributed by atoms with van der Waals surface area (Å²) in [6.07, 6.45) is 0.744. The van der Waals surface area contributed by atoms with E-state index >= 15 is 0 Å². The van der Waals surface area contributed by atoms with E-state index in [0.29, 0.717) is 25.1 Å². The quantitative estimate of drug-likeness (QED) is 0.619. The number of anilines is 1. The summed E-state index contributed by atoms with van der Waals surface area (Å²) in [5.41, 5.74) is 4.13. The Bertz CT molecular complexity index is 519. The number of carbonyl (C=O) groups is 1. The molecule has 0 saturated heterocycles. The molecule has 1 amide bonds. The molecular weight excluding hydrogens is 272 g/mol. The summed E-state index contributed by atoms with van der Waals surface area (Å²) in [5, 5.41) is 12.7. The molecule has 1 aromatic carbocycles. The summed E-state index contributed by atoms with van der Waals surface area (Å²) < 4.78 is 26.6. The van der Waals surface area contributed by atoms with Gasteiger partial charge in [0.25, 0.3) is 0 Å². The smallest absolute Gasteiger partial charge is 0.307 e. The van der Waals surface area contributed by atoms with E-state index in [9.17, 15) is 23.7 Å². The standard InChI is InChI=1S/C12H15F2N3O3/c1-2-7(6-15)3-12(18)16-10-5-11(17(19)20)9(14)4-8(10)13/h4-5,7H,2-3,6,15H2,1H3,(H,16,18). The molecule has 20 heavy (non-hydrogen) atoms. The van der Waals surface area contributed by atoms with Gasteiger partial charge >= 0.3 is 5.69 Å². The Hall–Kier alpha value is -2.09. The molecule has 0 radical (unpaired) electrons. The fourth-order valence-corrected chi connectivity index (χ4v) is 1.63. The first-order valence-electron chi connectivity index (χ1n) is 6.02. The molecule has 0 fully saturated rings. The Morgan fingerprint density at radius 1 is 1.45 bits per heavy atom. The van der Waals surface area contributed by atoms with Crippen molar-refractivity contribution in [1.82, 2.24) is 0 Å². The van der Waals surface area contributed by atoms with E-state index in [-0.39, 0.29) is 12.3 Å². The maximum Gasteiger partial charge on any atom is 0.307 e. The minimum Gasteiger partial charge on any atom is -0.330 e. The minimum absolute atomic E-state index is 0.0616. The molecule has 1 aromatic rings. The Labute approximate surface area is 114 Å². The van der Waals surface area contributed by atoms with Crippen LogP contribution in [-0.2, 0) is 4.79 Å². The molecule has 1 atom stereocenters. The second-order valence-corrected chi connectivity index (χ2v) is 4.30. The number of nitro groups is 1. The monoisotopic (exact) mass is 287 g/mol. The number of nitrogens with two attached hydrogens (primary N) is 1. The van der Waals surface area contributed by atoms with Crippen LogP contribution in [0.2, 0.25) is 0 Å². The summed E-state index contributed by atoms with van der Waals surface area (Å²) in [6.45, 7) is 2.16. The van der Waals surface area contributed by atoms with E-state index < -0.39 is 33.8 Å². The first-order chi connectivity index (χ1) is 9.38. The molecular formula is C12H15F2N3O3. The van der Waals surface area contributed by atoms with Gasteiger partial charge in [-0.2, -0.15) is 4.39 Å². The lowest BCUT2D eigenvalue weighted by molar-refractivity contribution is -0.387. The average molecular weight is 287 g/mol. The molecule has 0 aliphatic heterocycles. The van der Waals surface area contributed by atoms with Crippen LogP contribution in [-0.4, -0.2) is 17.4 Å². The summed E-state index contributed by atoms with van der Waals surface area (Å²) in [5.74, 6) is -2.95. The zero-order valence-electron chi connectivity index (χ0n) is 10.9. The highest BCUT2D eigenvalue weighted by Gasteiger charge is 2.20. The van der Waals surface area contributed by atoms with Gasteiger partial charge in [-0.05, 0) is 12.5 Å². The molecule has 8 heteroatoms. The maximum absolute atomic E-state index is 13.5. The third-order valence-electron chi connectivity index (χ3n) is 2.89. The van der Waals surface area contributed by atoms with Gasteiger partial charge in [-0.25, -0.2) is 4.39 Å². The Morgan fingerprint density at radius 3 is 2.60 bits per heavy atom. The van der Waals surface area contributed by atoms with Crippen LogP contribution in [0.25, 0.3) is 0 Å². The molecule has 0 aromatic heterocycles. The molecule has 0 heterocycles.